The Morgan fingerprint density at radius 2 is 2.04 bits per heavy atom. The lowest BCUT2D eigenvalue weighted by molar-refractivity contribution is 0.101. The maximum absolute atomic E-state index is 12.6. The van der Waals surface area contributed by atoms with Gasteiger partial charge in [-0.15, -0.1) is 5.10 Å². The number of aryl methyl sites for hydroxylation is 1. The molecule has 11 heteroatoms. The zero-order valence-electron chi connectivity index (χ0n) is 13.0. The monoisotopic (exact) mass is 460 g/mol. The zero-order valence-corrected chi connectivity index (χ0v) is 16.9. The lowest BCUT2D eigenvalue weighted by Crippen LogP contribution is -2.16. The van der Waals surface area contributed by atoms with Crippen LogP contribution in [0.15, 0.2) is 38.8 Å². The number of carbonyl (C=O) groups excluding carboxylic acids is 1. The Bertz CT molecular complexity index is 957. The molecule has 3 aromatic rings. The fraction of sp³-hybridized carbons (Fsp3) is 0.143. The van der Waals surface area contributed by atoms with Crippen LogP contribution in [0.3, 0.4) is 0 Å². The molecule has 0 spiro atoms. The second-order valence-corrected chi connectivity index (χ2v) is 7.70. The maximum atomic E-state index is 12.6. The van der Waals surface area contributed by atoms with Crippen LogP contribution in [0.2, 0.25) is 10.2 Å². The van der Waals surface area contributed by atoms with Gasteiger partial charge in [0.05, 0.1) is 10.7 Å². The van der Waals surface area contributed by atoms with Gasteiger partial charge in [0.2, 0.25) is 5.16 Å². The van der Waals surface area contributed by atoms with E-state index in [-0.39, 0.29) is 5.91 Å². The lowest BCUT2D eigenvalue weighted by atomic mass is 10.3. The van der Waals surface area contributed by atoms with Crippen molar-refractivity contribution in [1.82, 2.24) is 24.8 Å². The lowest BCUT2D eigenvalue weighted by Gasteiger charge is -2.11. The van der Waals surface area contributed by atoms with Gasteiger partial charge in [0.15, 0.2) is 0 Å². The molecule has 130 valence electrons. The van der Waals surface area contributed by atoms with E-state index in [1.54, 1.807) is 24.8 Å². The quantitative estimate of drug-likeness (QED) is 0.634. The van der Waals surface area contributed by atoms with Crippen LogP contribution >= 0.6 is 50.9 Å². The molecule has 7 nitrogen and oxygen atoms in total. The van der Waals surface area contributed by atoms with Gasteiger partial charge < -0.3 is 9.88 Å². The first-order chi connectivity index (χ1) is 11.9. The highest BCUT2D eigenvalue weighted by Crippen LogP contribution is 2.34. The van der Waals surface area contributed by atoms with Crippen molar-refractivity contribution in [3.05, 3.63) is 44.6 Å². The van der Waals surface area contributed by atoms with Gasteiger partial charge in [0.25, 0.3) is 5.91 Å². The predicted molar refractivity (Wildman–Crippen MR) is 100 cm³/mol. The fourth-order valence-electron chi connectivity index (χ4n) is 2.04. The number of nitrogens with one attached hydrogen (secondary N) is 1. The highest BCUT2D eigenvalue weighted by atomic mass is 79.9. The van der Waals surface area contributed by atoms with Crippen LogP contribution in [0.5, 0.6) is 0 Å². The molecular formula is C14H11BrCl2N6OS. The molecular weight excluding hydrogens is 451 g/mol. The van der Waals surface area contributed by atoms with Crippen LogP contribution in [-0.4, -0.2) is 30.7 Å². The van der Waals surface area contributed by atoms with E-state index in [0.717, 1.165) is 9.37 Å². The van der Waals surface area contributed by atoms with Crippen LogP contribution in [0.25, 0.3) is 0 Å². The topological polar surface area (TPSA) is 77.6 Å². The molecule has 25 heavy (non-hydrogen) atoms. The van der Waals surface area contributed by atoms with Gasteiger partial charge in [-0.2, -0.15) is 0 Å². The second kappa shape index (κ2) is 7.36. The number of benzene rings is 1. The largest absolute Gasteiger partial charge is 0.329 e. The summed E-state index contributed by atoms with van der Waals surface area (Å²) in [6.07, 6.45) is 0. The molecule has 0 aliphatic heterocycles. The van der Waals surface area contributed by atoms with Crippen LogP contribution < -0.4 is 5.32 Å². The Morgan fingerprint density at radius 1 is 1.28 bits per heavy atom. The molecule has 0 atom stereocenters. The average Bonchev–Trinajstić information content (AvgIpc) is 3.08. The van der Waals surface area contributed by atoms with E-state index in [1.807, 2.05) is 12.1 Å². The number of amides is 1. The van der Waals surface area contributed by atoms with Gasteiger partial charge in [-0.1, -0.05) is 39.1 Å². The summed E-state index contributed by atoms with van der Waals surface area (Å²) >= 11 is 16.8. The molecule has 2 aromatic heterocycles. The Hall–Kier alpha value is -1.55. The molecule has 0 radical (unpaired) electrons. The van der Waals surface area contributed by atoms with Gasteiger partial charge in [0.1, 0.15) is 10.8 Å². The molecule has 0 saturated heterocycles. The van der Waals surface area contributed by atoms with E-state index in [1.165, 1.54) is 22.4 Å². The standard InChI is InChI=1S/C14H11BrCl2N6OS/c1-22-10(6-8(16)12(22)17)13(24)18-9-5-7(15)3-4-11(9)25-14-19-20-21-23(14)2/h3-6H,1-2H3,(H,18,24). The summed E-state index contributed by atoms with van der Waals surface area (Å²) < 4.78 is 3.90. The molecule has 2 heterocycles. The van der Waals surface area contributed by atoms with Crippen LogP contribution in [-0.2, 0) is 14.1 Å². The maximum Gasteiger partial charge on any atom is 0.272 e. The number of tetrazole rings is 1. The van der Waals surface area contributed by atoms with E-state index in [9.17, 15) is 4.79 Å². The van der Waals surface area contributed by atoms with Crippen molar-refractivity contribution in [2.45, 2.75) is 10.1 Å². The van der Waals surface area contributed by atoms with Crippen molar-refractivity contribution < 1.29 is 4.79 Å². The summed E-state index contributed by atoms with van der Waals surface area (Å²) in [5.74, 6) is -0.327. The van der Waals surface area contributed by atoms with Gasteiger partial charge >= 0.3 is 0 Å². The first kappa shape index (κ1) is 18.2. The summed E-state index contributed by atoms with van der Waals surface area (Å²) in [6, 6.07) is 7.06. The molecule has 0 aliphatic carbocycles. The van der Waals surface area contributed by atoms with Gasteiger partial charge in [-0.05, 0) is 46.5 Å². The van der Waals surface area contributed by atoms with Crippen LogP contribution in [0.4, 0.5) is 5.69 Å². The van der Waals surface area contributed by atoms with E-state index in [2.05, 4.69) is 36.8 Å². The Balaban J connectivity index is 1.91. The van der Waals surface area contributed by atoms with Crippen molar-refractivity contribution in [3.63, 3.8) is 0 Å². The Kier molecular flexibility index (Phi) is 5.38. The van der Waals surface area contributed by atoms with E-state index >= 15 is 0 Å². The van der Waals surface area contributed by atoms with Crippen molar-refractivity contribution in [2.75, 3.05) is 5.32 Å². The number of nitrogens with zero attached hydrogens (tertiary/aromatic N) is 5. The minimum Gasteiger partial charge on any atom is -0.329 e. The molecule has 0 bridgehead atoms. The molecule has 3 rings (SSSR count). The van der Waals surface area contributed by atoms with Crippen LogP contribution in [0.1, 0.15) is 10.5 Å². The number of anilines is 1. The number of rotatable bonds is 4. The third-order valence-corrected chi connectivity index (χ3v) is 5.76. The first-order valence-corrected chi connectivity index (χ1v) is 9.25. The summed E-state index contributed by atoms with van der Waals surface area (Å²) in [4.78, 5) is 13.4. The van der Waals surface area contributed by atoms with Crippen molar-refractivity contribution >= 4 is 62.5 Å². The number of aromatic nitrogens is 5. The van der Waals surface area contributed by atoms with Gasteiger partial charge in [-0.3, -0.25) is 4.79 Å². The van der Waals surface area contributed by atoms with E-state index < -0.39 is 0 Å². The Labute approximate surface area is 165 Å². The highest BCUT2D eigenvalue weighted by molar-refractivity contribution is 9.10. The minimum absolute atomic E-state index is 0.306. The van der Waals surface area contributed by atoms with E-state index in [4.69, 9.17) is 23.2 Å². The SMILES string of the molecule is Cn1nnnc1Sc1ccc(Br)cc1NC(=O)c1cc(Cl)c(Cl)n1C. The molecule has 0 fully saturated rings. The van der Waals surface area contributed by atoms with Crippen molar-refractivity contribution in [1.29, 1.82) is 0 Å². The third kappa shape index (κ3) is 3.84. The third-order valence-electron chi connectivity index (χ3n) is 3.32. The number of carbonyl (C=O) groups is 1. The van der Waals surface area contributed by atoms with Crippen LogP contribution in [0, 0.1) is 0 Å². The highest BCUT2D eigenvalue weighted by Gasteiger charge is 2.18. The summed E-state index contributed by atoms with van der Waals surface area (Å²) in [7, 11) is 3.42. The second-order valence-electron chi connectivity index (χ2n) is 5.01. The summed E-state index contributed by atoms with van der Waals surface area (Å²) in [5, 5.41) is 15.5. The molecule has 1 aromatic carbocycles. The fourth-order valence-corrected chi connectivity index (χ4v) is 3.58. The predicted octanol–water partition coefficient (Wildman–Crippen LogP) is 4.02. The smallest absolute Gasteiger partial charge is 0.272 e. The molecule has 1 N–H and O–H groups in total. The van der Waals surface area contributed by atoms with Gasteiger partial charge in [0, 0.05) is 23.5 Å². The number of halogens is 3. The molecule has 1 amide bonds. The minimum atomic E-state index is -0.327. The van der Waals surface area contributed by atoms with Gasteiger partial charge in [-0.25, -0.2) is 4.68 Å². The molecule has 0 saturated carbocycles. The summed E-state index contributed by atoms with van der Waals surface area (Å²) in [6.45, 7) is 0. The molecule has 0 aliphatic rings. The summed E-state index contributed by atoms with van der Waals surface area (Å²) in [5.41, 5.74) is 0.965. The number of hydrogen-bond acceptors (Lipinski definition) is 5. The normalized spacial score (nSPS) is 10.9. The Morgan fingerprint density at radius 3 is 2.64 bits per heavy atom. The molecule has 0 unspecified atom stereocenters. The van der Waals surface area contributed by atoms with Crippen molar-refractivity contribution in [3.8, 4) is 0 Å². The zero-order chi connectivity index (χ0) is 18.1. The number of hydrogen-bond donors (Lipinski definition) is 1. The van der Waals surface area contributed by atoms with E-state index in [0.29, 0.717) is 26.7 Å². The van der Waals surface area contributed by atoms with Crippen molar-refractivity contribution in [2.24, 2.45) is 14.1 Å². The average molecular weight is 462 g/mol. The first-order valence-electron chi connectivity index (χ1n) is 6.88.